The largest absolute Gasteiger partial charge is 0.444 e. The Balaban J connectivity index is 1.38. The lowest BCUT2D eigenvalue weighted by molar-refractivity contribution is -0.126. The normalized spacial score (nSPS) is 26.0. The van der Waals surface area contributed by atoms with Crippen LogP contribution in [0.1, 0.15) is 27.2 Å². The molecule has 2 unspecified atom stereocenters. The zero-order valence-electron chi connectivity index (χ0n) is 19.0. The molecule has 2 saturated heterocycles. The monoisotopic (exact) mass is 454 g/mol. The fraction of sp³-hybridized carbons (Fsp3) is 0.714. The van der Waals surface area contributed by atoms with Crippen molar-refractivity contribution in [2.45, 2.75) is 51.1 Å². The first-order chi connectivity index (χ1) is 15.0. The molecule has 0 radical (unpaired) electrons. The number of aliphatic hydroxyl groups is 1. The number of piperazine rings is 1. The number of carbonyl (C=O) groups excluding carboxylic acids is 1. The van der Waals surface area contributed by atoms with Crippen LogP contribution < -0.4 is 15.1 Å². The lowest BCUT2D eigenvalue weighted by atomic mass is 9.98. The number of amides is 1. The molecule has 178 valence electrons. The molecule has 0 aromatic carbocycles. The maximum Gasteiger partial charge on any atom is 0.410 e. The van der Waals surface area contributed by atoms with E-state index in [2.05, 4.69) is 15.2 Å². The summed E-state index contributed by atoms with van der Waals surface area (Å²) in [4.78, 5) is 23.5. The van der Waals surface area contributed by atoms with Gasteiger partial charge in [-0.15, -0.1) is 0 Å². The number of fused-ring (bicyclic) bond motifs is 1. The van der Waals surface area contributed by atoms with Crippen molar-refractivity contribution in [3.63, 3.8) is 0 Å². The molecule has 11 heteroatoms. The highest BCUT2D eigenvalue weighted by Crippen LogP contribution is 2.40. The third-order valence-electron chi connectivity index (χ3n) is 6.18. The van der Waals surface area contributed by atoms with E-state index < -0.39 is 36.6 Å². The van der Waals surface area contributed by atoms with Crippen molar-refractivity contribution in [1.82, 2.24) is 14.8 Å². The van der Waals surface area contributed by atoms with E-state index in [0.29, 0.717) is 26.2 Å². The number of pyridine rings is 1. The molecule has 3 aliphatic rings. The molecular formula is C21H32F2N6O3. The number of nitrogens with one attached hydrogen (secondary N) is 1. The van der Waals surface area contributed by atoms with Crippen molar-refractivity contribution in [1.29, 1.82) is 0 Å². The zero-order valence-corrected chi connectivity index (χ0v) is 19.0. The fourth-order valence-corrected chi connectivity index (χ4v) is 4.60. The molecule has 32 heavy (non-hydrogen) atoms. The number of anilines is 3. The van der Waals surface area contributed by atoms with Crippen molar-refractivity contribution in [3.8, 4) is 0 Å². The molecule has 0 aliphatic carbocycles. The highest BCUT2D eigenvalue weighted by Gasteiger charge is 2.49. The maximum absolute atomic E-state index is 15.0. The molecule has 0 saturated carbocycles. The van der Waals surface area contributed by atoms with Crippen LogP contribution in [0.5, 0.6) is 0 Å². The van der Waals surface area contributed by atoms with Crippen LogP contribution in [0.4, 0.5) is 30.8 Å². The molecule has 3 aliphatic heterocycles. The maximum atomic E-state index is 15.0. The summed E-state index contributed by atoms with van der Waals surface area (Å²) in [5.74, 6) is -2.28. The predicted molar refractivity (Wildman–Crippen MR) is 117 cm³/mol. The third kappa shape index (κ3) is 4.40. The standard InChI is InChI=1S/C21H32F2N6O3/c1-20(2,3)32-19(31)29-8-6-15(21(22,23)13-29)27-9-11-28(12-10-27)17-16-14(5-7-24-17)25-18(30)26(16)4/h5,7,15,18,25,30H,6,8-13H2,1-4H3. The van der Waals surface area contributed by atoms with Gasteiger partial charge in [-0.2, -0.15) is 0 Å². The van der Waals surface area contributed by atoms with Crippen LogP contribution in [-0.4, -0.2) is 96.2 Å². The van der Waals surface area contributed by atoms with Gasteiger partial charge in [0.2, 0.25) is 6.35 Å². The molecule has 9 nitrogen and oxygen atoms in total. The molecule has 1 aromatic rings. The van der Waals surface area contributed by atoms with Crippen LogP contribution >= 0.6 is 0 Å². The van der Waals surface area contributed by atoms with Crippen molar-refractivity contribution in [3.05, 3.63) is 12.3 Å². The Labute approximate surface area is 186 Å². The van der Waals surface area contributed by atoms with Crippen LogP contribution in [0, 0.1) is 0 Å². The predicted octanol–water partition coefficient (Wildman–Crippen LogP) is 1.99. The van der Waals surface area contributed by atoms with Crippen molar-refractivity contribution in [2.75, 3.05) is 61.4 Å². The Kier molecular flexibility index (Phi) is 5.83. The Morgan fingerprint density at radius 1 is 1.25 bits per heavy atom. The number of hydrogen-bond acceptors (Lipinski definition) is 8. The minimum absolute atomic E-state index is 0.198. The van der Waals surface area contributed by atoms with Gasteiger partial charge in [-0.1, -0.05) is 0 Å². The lowest BCUT2D eigenvalue weighted by Gasteiger charge is -2.46. The number of rotatable bonds is 2. The molecule has 1 aromatic heterocycles. The molecule has 0 bridgehead atoms. The van der Waals surface area contributed by atoms with Gasteiger partial charge in [0.15, 0.2) is 5.82 Å². The smallest absolute Gasteiger partial charge is 0.410 e. The van der Waals surface area contributed by atoms with Gasteiger partial charge in [0.25, 0.3) is 5.92 Å². The molecular weight excluding hydrogens is 422 g/mol. The zero-order chi connectivity index (χ0) is 23.3. The van der Waals surface area contributed by atoms with Crippen LogP contribution in [-0.2, 0) is 4.74 Å². The first-order valence-corrected chi connectivity index (χ1v) is 11.0. The van der Waals surface area contributed by atoms with E-state index in [9.17, 15) is 9.90 Å². The summed E-state index contributed by atoms with van der Waals surface area (Å²) < 4.78 is 35.3. The van der Waals surface area contributed by atoms with Gasteiger partial charge in [0.05, 0.1) is 18.3 Å². The number of carbonyl (C=O) groups is 1. The number of halogens is 2. The quantitative estimate of drug-likeness (QED) is 0.702. The number of hydrogen-bond donors (Lipinski definition) is 2. The van der Waals surface area contributed by atoms with Gasteiger partial charge in [0.1, 0.15) is 11.3 Å². The summed E-state index contributed by atoms with van der Waals surface area (Å²) in [7, 11) is 1.78. The van der Waals surface area contributed by atoms with Crippen molar-refractivity contribution < 1.29 is 23.4 Å². The number of aromatic nitrogens is 1. The minimum atomic E-state index is -3.02. The average Bonchev–Trinajstić information content (AvgIpc) is 3.00. The molecule has 0 spiro atoms. The Hall–Kier alpha value is -2.40. The number of piperidine rings is 1. The van der Waals surface area contributed by atoms with Crippen LogP contribution in [0.2, 0.25) is 0 Å². The second-order valence-corrected chi connectivity index (χ2v) is 9.65. The van der Waals surface area contributed by atoms with E-state index in [1.165, 1.54) is 0 Å². The summed E-state index contributed by atoms with van der Waals surface area (Å²) >= 11 is 0. The van der Waals surface area contributed by atoms with E-state index >= 15 is 8.78 Å². The summed E-state index contributed by atoms with van der Waals surface area (Å²) in [6.45, 7) is 6.83. The summed E-state index contributed by atoms with van der Waals surface area (Å²) in [5, 5.41) is 13.1. The van der Waals surface area contributed by atoms with Gasteiger partial charge in [-0.3, -0.25) is 4.90 Å². The van der Waals surface area contributed by atoms with Gasteiger partial charge >= 0.3 is 6.09 Å². The Bertz CT molecular complexity index is 856. The van der Waals surface area contributed by atoms with E-state index in [0.717, 1.165) is 22.1 Å². The molecule has 2 atom stereocenters. The number of nitrogens with zero attached hydrogens (tertiary/aromatic N) is 5. The molecule has 1 amide bonds. The number of aliphatic hydroxyl groups excluding tert-OH is 1. The first-order valence-electron chi connectivity index (χ1n) is 11.0. The van der Waals surface area contributed by atoms with Crippen molar-refractivity contribution >= 4 is 23.3 Å². The van der Waals surface area contributed by atoms with Gasteiger partial charge in [-0.05, 0) is 33.3 Å². The molecule has 2 N–H and O–H groups in total. The van der Waals surface area contributed by atoms with E-state index in [-0.39, 0.29) is 13.0 Å². The number of alkyl halides is 2. The SMILES string of the molecule is CN1c2c(ccnc2N2CCN(C3CCN(C(=O)OC(C)(C)C)CC3(F)F)CC2)NC1O. The molecule has 4 rings (SSSR count). The van der Waals surface area contributed by atoms with Gasteiger partial charge in [-0.25, -0.2) is 18.6 Å². The van der Waals surface area contributed by atoms with E-state index in [1.807, 2.05) is 4.90 Å². The van der Waals surface area contributed by atoms with Crippen LogP contribution in [0.3, 0.4) is 0 Å². The van der Waals surface area contributed by atoms with Crippen LogP contribution in [0.15, 0.2) is 12.3 Å². The number of ether oxygens (including phenoxy) is 1. The van der Waals surface area contributed by atoms with E-state index in [1.54, 1.807) is 45.0 Å². The molecule has 2 fully saturated rings. The Morgan fingerprint density at radius 2 is 1.94 bits per heavy atom. The summed E-state index contributed by atoms with van der Waals surface area (Å²) in [5.41, 5.74) is 0.892. The van der Waals surface area contributed by atoms with E-state index in [4.69, 9.17) is 4.74 Å². The van der Waals surface area contributed by atoms with Crippen molar-refractivity contribution in [2.24, 2.45) is 0 Å². The third-order valence-corrected chi connectivity index (χ3v) is 6.18. The van der Waals surface area contributed by atoms with Crippen LogP contribution in [0.25, 0.3) is 0 Å². The van der Waals surface area contributed by atoms with Gasteiger partial charge < -0.3 is 29.9 Å². The average molecular weight is 455 g/mol. The summed E-state index contributed by atoms with van der Waals surface area (Å²) in [6, 6.07) is 0.893. The topological polar surface area (TPSA) is 84.4 Å². The second kappa shape index (κ2) is 8.18. The fourth-order valence-electron chi connectivity index (χ4n) is 4.60. The minimum Gasteiger partial charge on any atom is -0.444 e. The Morgan fingerprint density at radius 3 is 2.56 bits per heavy atom. The highest BCUT2D eigenvalue weighted by atomic mass is 19.3. The number of likely N-dealkylation sites (tertiary alicyclic amines) is 1. The first kappa shape index (κ1) is 22.8. The van der Waals surface area contributed by atoms with Gasteiger partial charge in [0, 0.05) is 46.0 Å². The lowest BCUT2D eigenvalue weighted by Crippen LogP contribution is -2.62. The second-order valence-electron chi connectivity index (χ2n) is 9.65. The highest BCUT2D eigenvalue weighted by molar-refractivity contribution is 5.85. The summed E-state index contributed by atoms with van der Waals surface area (Å²) in [6.07, 6.45) is 0.372. The molecule has 4 heterocycles.